The molecule has 1 atom stereocenters. The molecule has 0 aliphatic carbocycles. The highest BCUT2D eigenvalue weighted by atomic mass is 16.5. The molecule has 1 unspecified atom stereocenters. The lowest BCUT2D eigenvalue weighted by Crippen LogP contribution is -2.42. The van der Waals surface area contributed by atoms with E-state index in [1.54, 1.807) is 19.2 Å². The average Bonchev–Trinajstić information content (AvgIpc) is 2.29. The zero-order chi connectivity index (χ0) is 12.8. The average molecular weight is 238 g/mol. The highest BCUT2D eigenvalue weighted by Gasteiger charge is 2.17. The molecule has 0 aromatic carbocycles. The second kappa shape index (κ2) is 6.15. The van der Waals surface area contributed by atoms with Crippen LogP contribution in [0.5, 0.6) is 0 Å². The van der Waals surface area contributed by atoms with Crippen LogP contribution in [0.1, 0.15) is 24.3 Å². The number of hydrogen-bond acceptors (Lipinski definition) is 5. The lowest BCUT2D eigenvalue weighted by molar-refractivity contribution is 0.0861. The van der Waals surface area contributed by atoms with Crippen molar-refractivity contribution in [2.24, 2.45) is 5.92 Å². The molecule has 0 radical (unpaired) electrons. The van der Waals surface area contributed by atoms with E-state index in [2.05, 4.69) is 15.5 Å². The summed E-state index contributed by atoms with van der Waals surface area (Å²) in [6, 6.07) is 3.04. The van der Waals surface area contributed by atoms with Gasteiger partial charge in [-0.2, -0.15) is 0 Å². The summed E-state index contributed by atoms with van der Waals surface area (Å²) in [5.74, 6) is 0.299. The molecule has 0 aliphatic rings. The standard InChI is InChI=1S/C11H18N4O2/c1-7(2)9(6-17-3)13-11(16)8-4-5-10(12)15-14-8/h4-5,7,9H,6H2,1-3H3,(H2,12,15)(H,13,16). The van der Waals surface area contributed by atoms with Gasteiger partial charge in [-0.25, -0.2) is 0 Å². The van der Waals surface area contributed by atoms with Crippen LogP contribution in [0.2, 0.25) is 0 Å². The number of aromatic nitrogens is 2. The van der Waals surface area contributed by atoms with E-state index in [9.17, 15) is 4.79 Å². The van der Waals surface area contributed by atoms with Crippen molar-refractivity contribution >= 4 is 11.7 Å². The normalized spacial score (nSPS) is 12.5. The second-order valence-electron chi connectivity index (χ2n) is 4.12. The second-order valence-corrected chi connectivity index (χ2v) is 4.12. The predicted molar refractivity (Wildman–Crippen MR) is 64.4 cm³/mol. The summed E-state index contributed by atoms with van der Waals surface area (Å²) in [4.78, 5) is 11.8. The van der Waals surface area contributed by atoms with Crippen LogP contribution in [0.25, 0.3) is 0 Å². The molecule has 0 bridgehead atoms. The van der Waals surface area contributed by atoms with E-state index < -0.39 is 0 Å². The van der Waals surface area contributed by atoms with E-state index in [1.165, 1.54) is 0 Å². The van der Waals surface area contributed by atoms with Gasteiger partial charge in [0.05, 0.1) is 12.6 Å². The number of nitrogens with one attached hydrogen (secondary N) is 1. The van der Waals surface area contributed by atoms with Gasteiger partial charge in [-0.1, -0.05) is 13.8 Å². The largest absolute Gasteiger partial charge is 0.383 e. The molecule has 94 valence electrons. The topological polar surface area (TPSA) is 90.1 Å². The van der Waals surface area contributed by atoms with Gasteiger partial charge >= 0.3 is 0 Å². The van der Waals surface area contributed by atoms with Crippen molar-refractivity contribution in [1.29, 1.82) is 0 Å². The quantitative estimate of drug-likeness (QED) is 0.777. The van der Waals surface area contributed by atoms with Crippen LogP contribution in [0.4, 0.5) is 5.82 Å². The SMILES string of the molecule is COCC(NC(=O)c1ccc(N)nn1)C(C)C. The minimum atomic E-state index is -0.270. The fourth-order valence-electron chi connectivity index (χ4n) is 1.29. The Labute approximate surface area is 101 Å². The highest BCUT2D eigenvalue weighted by molar-refractivity contribution is 5.92. The number of hydrogen-bond donors (Lipinski definition) is 2. The molecule has 0 aliphatic heterocycles. The Morgan fingerprint density at radius 1 is 1.47 bits per heavy atom. The first-order chi connectivity index (χ1) is 8.04. The summed E-state index contributed by atoms with van der Waals surface area (Å²) in [5, 5.41) is 10.2. The molecular formula is C11H18N4O2. The molecule has 0 saturated heterocycles. The first kappa shape index (κ1) is 13.4. The van der Waals surface area contributed by atoms with Crippen LogP contribution < -0.4 is 11.1 Å². The third-order valence-corrected chi connectivity index (χ3v) is 2.39. The molecular weight excluding hydrogens is 220 g/mol. The molecule has 0 spiro atoms. The molecule has 1 amide bonds. The molecule has 6 nitrogen and oxygen atoms in total. The van der Waals surface area contributed by atoms with E-state index in [0.717, 1.165) is 0 Å². The van der Waals surface area contributed by atoms with Gasteiger partial charge < -0.3 is 15.8 Å². The molecule has 1 heterocycles. The van der Waals surface area contributed by atoms with Crippen molar-refractivity contribution in [3.05, 3.63) is 17.8 Å². The number of amides is 1. The molecule has 6 heteroatoms. The van der Waals surface area contributed by atoms with Gasteiger partial charge in [-0.15, -0.1) is 10.2 Å². The van der Waals surface area contributed by atoms with E-state index >= 15 is 0 Å². The highest BCUT2D eigenvalue weighted by Crippen LogP contribution is 2.04. The number of carbonyl (C=O) groups is 1. The molecule has 3 N–H and O–H groups in total. The maximum atomic E-state index is 11.8. The number of nitrogens with two attached hydrogens (primary N) is 1. The Bertz CT molecular complexity index is 364. The van der Waals surface area contributed by atoms with Crippen molar-refractivity contribution in [3.63, 3.8) is 0 Å². The summed E-state index contributed by atoms with van der Waals surface area (Å²) in [6.07, 6.45) is 0. The van der Waals surface area contributed by atoms with Crippen LogP contribution >= 0.6 is 0 Å². The number of nitrogens with zero attached hydrogens (tertiary/aromatic N) is 2. The van der Waals surface area contributed by atoms with Crippen LogP contribution in [-0.2, 0) is 4.74 Å². The maximum Gasteiger partial charge on any atom is 0.272 e. The van der Waals surface area contributed by atoms with Crippen LogP contribution in [0.3, 0.4) is 0 Å². The Kier molecular flexibility index (Phi) is 4.84. The number of nitrogen functional groups attached to an aromatic ring is 1. The summed E-state index contributed by atoms with van der Waals surface area (Å²) in [6.45, 7) is 4.49. The maximum absolute atomic E-state index is 11.8. The summed E-state index contributed by atoms with van der Waals surface area (Å²) in [5.41, 5.74) is 5.65. The van der Waals surface area contributed by atoms with Crippen molar-refractivity contribution in [1.82, 2.24) is 15.5 Å². The zero-order valence-corrected chi connectivity index (χ0v) is 10.3. The number of rotatable bonds is 5. The van der Waals surface area contributed by atoms with Crippen molar-refractivity contribution in [2.75, 3.05) is 19.5 Å². The molecule has 1 aromatic rings. The van der Waals surface area contributed by atoms with Gasteiger partial charge in [0.2, 0.25) is 0 Å². The van der Waals surface area contributed by atoms with Crippen LogP contribution in [0.15, 0.2) is 12.1 Å². The van der Waals surface area contributed by atoms with Crippen LogP contribution in [-0.4, -0.2) is 35.9 Å². The predicted octanol–water partition coefficient (Wildman–Crippen LogP) is 0.460. The molecule has 0 saturated carbocycles. The lowest BCUT2D eigenvalue weighted by atomic mass is 10.1. The van der Waals surface area contributed by atoms with Crippen molar-refractivity contribution in [2.45, 2.75) is 19.9 Å². The molecule has 0 fully saturated rings. The minimum Gasteiger partial charge on any atom is -0.383 e. The van der Waals surface area contributed by atoms with E-state index in [-0.39, 0.29) is 23.6 Å². The fraction of sp³-hybridized carbons (Fsp3) is 0.545. The number of ether oxygens (including phenoxy) is 1. The van der Waals surface area contributed by atoms with E-state index in [1.807, 2.05) is 13.8 Å². The van der Waals surface area contributed by atoms with Crippen LogP contribution in [0, 0.1) is 5.92 Å². The first-order valence-electron chi connectivity index (χ1n) is 5.43. The number of methoxy groups -OCH3 is 1. The van der Waals surface area contributed by atoms with Crippen molar-refractivity contribution in [3.8, 4) is 0 Å². The smallest absolute Gasteiger partial charge is 0.272 e. The Morgan fingerprint density at radius 3 is 2.65 bits per heavy atom. The fourth-order valence-corrected chi connectivity index (χ4v) is 1.29. The van der Waals surface area contributed by atoms with Gasteiger partial charge in [0.15, 0.2) is 5.69 Å². The van der Waals surface area contributed by atoms with Crippen molar-refractivity contribution < 1.29 is 9.53 Å². The Morgan fingerprint density at radius 2 is 2.18 bits per heavy atom. The van der Waals surface area contributed by atoms with Gasteiger partial charge in [0, 0.05) is 7.11 Å². The van der Waals surface area contributed by atoms with E-state index in [4.69, 9.17) is 10.5 Å². The Hall–Kier alpha value is -1.69. The third-order valence-electron chi connectivity index (χ3n) is 2.39. The number of carbonyl (C=O) groups excluding carboxylic acids is 1. The molecule has 17 heavy (non-hydrogen) atoms. The zero-order valence-electron chi connectivity index (χ0n) is 10.3. The summed E-state index contributed by atoms with van der Waals surface area (Å²) < 4.78 is 5.05. The minimum absolute atomic E-state index is 0.0492. The van der Waals surface area contributed by atoms with Gasteiger partial charge in [-0.3, -0.25) is 4.79 Å². The van der Waals surface area contributed by atoms with Gasteiger partial charge in [0.25, 0.3) is 5.91 Å². The first-order valence-corrected chi connectivity index (χ1v) is 5.43. The number of anilines is 1. The lowest BCUT2D eigenvalue weighted by Gasteiger charge is -2.21. The van der Waals surface area contributed by atoms with E-state index in [0.29, 0.717) is 12.4 Å². The summed E-state index contributed by atoms with van der Waals surface area (Å²) >= 11 is 0. The third kappa shape index (κ3) is 3.99. The molecule has 1 aromatic heterocycles. The van der Waals surface area contributed by atoms with Gasteiger partial charge in [-0.05, 0) is 18.1 Å². The summed E-state index contributed by atoms with van der Waals surface area (Å²) in [7, 11) is 1.60. The molecule has 1 rings (SSSR count). The van der Waals surface area contributed by atoms with Gasteiger partial charge in [0.1, 0.15) is 5.82 Å². The monoisotopic (exact) mass is 238 g/mol. The Balaban J connectivity index is 2.66.